The normalized spacial score (nSPS) is 11.5. The minimum atomic E-state index is -0.693. The Labute approximate surface area is 224 Å². The fourth-order valence-electron chi connectivity index (χ4n) is 3.57. The molecule has 37 heavy (non-hydrogen) atoms. The first-order valence-electron chi connectivity index (χ1n) is 12.6. The molecule has 0 spiro atoms. The Hall–Kier alpha value is -3.24. The van der Waals surface area contributed by atoms with Crippen molar-refractivity contribution in [3.8, 4) is 22.5 Å². The third-order valence-electron chi connectivity index (χ3n) is 5.79. The van der Waals surface area contributed by atoms with Gasteiger partial charge in [-0.05, 0) is 34.2 Å². The quantitative estimate of drug-likeness (QED) is 0.166. The van der Waals surface area contributed by atoms with Crippen molar-refractivity contribution in [2.75, 3.05) is 18.8 Å². The van der Waals surface area contributed by atoms with Crippen molar-refractivity contribution in [1.29, 1.82) is 0 Å². The monoisotopic (exact) mass is 526 g/mol. The van der Waals surface area contributed by atoms with Gasteiger partial charge in [0.1, 0.15) is 0 Å². The molecule has 4 N–H and O–H groups in total. The molecule has 1 amide bonds. The second-order valence-corrected chi connectivity index (χ2v) is 9.34. The number of rotatable bonds is 13. The number of aliphatic carboxylic acids is 1. The van der Waals surface area contributed by atoms with E-state index in [2.05, 4.69) is 74.2 Å². The number of aromatic nitrogens is 4. The Morgan fingerprint density at radius 3 is 2.30 bits per heavy atom. The lowest BCUT2D eigenvalue weighted by molar-refractivity contribution is -0.137. The van der Waals surface area contributed by atoms with E-state index in [1.165, 1.54) is 5.56 Å². The van der Waals surface area contributed by atoms with Crippen LogP contribution in [0.15, 0.2) is 48.5 Å². The first kappa shape index (κ1) is 30.0. The van der Waals surface area contributed by atoms with Gasteiger partial charge < -0.3 is 15.7 Å². The van der Waals surface area contributed by atoms with Crippen LogP contribution < -0.4 is 10.6 Å². The van der Waals surface area contributed by atoms with E-state index in [0.29, 0.717) is 37.0 Å². The predicted molar refractivity (Wildman–Crippen MR) is 149 cm³/mol. The van der Waals surface area contributed by atoms with Gasteiger partial charge in [-0.15, -0.1) is 10.2 Å². The third-order valence-corrected chi connectivity index (χ3v) is 6.18. The van der Waals surface area contributed by atoms with Gasteiger partial charge in [-0.1, -0.05) is 75.7 Å². The molecule has 0 radical (unpaired) electrons. The zero-order chi connectivity index (χ0) is 27.0. The van der Waals surface area contributed by atoms with Crippen LogP contribution in [-0.2, 0) is 16.1 Å². The Bertz CT molecular complexity index is 1070. The van der Waals surface area contributed by atoms with Crippen molar-refractivity contribution in [2.24, 2.45) is 11.8 Å². The van der Waals surface area contributed by atoms with Gasteiger partial charge in [0.15, 0.2) is 0 Å². The zero-order valence-electron chi connectivity index (χ0n) is 21.8. The summed E-state index contributed by atoms with van der Waals surface area (Å²) in [5.41, 5.74) is 4.27. The van der Waals surface area contributed by atoms with Crippen LogP contribution in [-0.4, -0.2) is 56.4 Å². The molecule has 9 nitrogen and oxygen atoms in total. The van der Waals surface area contributed by atoms with Gasteiger partial charge in [-0.2, -0.15) is 17.8 Å². The second kappa shape index (κ2) is 16.5. The molecule has 3 aromatic rings. The molecule has 1 atom stereocenters. The summed E-state index contributed by atoms with van der Waals surface area (Å²) in [7, 11) is 0. The first-order chi connectivity index (χ1) is 17.9. The van der Waals surface area contributed by atoms with Crippen LogP contribution in [0.25, 0.3) is 22.5 Å². The maximum atomic E-state index is 12.1. The number of tetrazole rings is 1. The number of aromatic amines is 1. The van der Waals surface area contributed by atoms with Crippen LogP contribution in [0.3, 0.4) is 0 Å². The fraction of sp³-hybridized carbons (Fsp3) is 0.444. The predicted octanol–water partition coefficient (Wildman–Crippen LogP) is 4.20. The van der Waals surface area contributed by atoms with Crippen LogP contribution in [0, 0.1) is 11.8 Å². The van der Waals surface area contributed by atoms with Gasteiger partial charge in [0.05, 0.1) is 0 Å². The highest BCUT2D eigenvalue weighted by Crippen LogP contribution is 2.29. The van der Waals surface area contributed by atoms with Crippen molar-refractivity contribution in [1.82, 2.24) is 31.3 Å². The Morgan fingerprint density at radius 1 is 1.05 bits per heavy atom. The summed E-state index contributed by atoms with van der Waals surface area (Å²) in [6.45, 7) is 8.12. The molecule has 1 aromatic heterocycles. The van der Waals surface area contributed by atoms with Crippen molar-refractivity contribution < 1.29 is 14.7 Å². The maximum absolute atomic E-state index is 12.1. The number of nitrogens with one attached hydrogen (secondary N) is 3. The molecule has 0 saturated carbocycles. The lowest BCUT2D eigenvalue weighted by atomic mass is 9.97. The Morgan fingerprint density at radius 2 is 1.76 bits per heavy atom. The van der Waals surface area contributed by atoms with Crippen molar-refractivity contribution in [2.45, 2.75) is 46.6 Å². The highest BCUT2D eigenvalue weighted by molar-refractivity contribution is 7.80. The van der Waals surface area contributed by atoms with Crippen molar-refractivity contribution in [3.05, 3.63) is 54.1 Å². The number of amides is 1. The van der Waals surface area contributed by atoms with Crippen LogP contribution in [0.2, 0.25) is 0 Å². The Kier molecular flexibility index (Phi) is 13.4. The number of benzene rings is 2. The van der Waals surface area contributed by atoms with E-state index in [4.69, 9.17) is 5.11 Å². The Balaban J connectivity index is 0.000000604. The molecule has 200 valence electrons. The summed E-state index contributed by atoms with van der Waals surface area (Å²) < 4.78 is 0. The van der Waals surface area contributed by atoms with E-state index in [9.17, 15) is 9.59 Å². The fourth-order valence-corrected chi connectivity index (χ4v) is 4.16. The average molecular weight is 527 g/mol. The summed E-state index contributed by atoms with van der Waals surface area (Å²) in [5, 5.41) is 28.7. The molecule has 2 aromatic carbocycles. The van der Waals surface area contributed by atoms with Crippen LogP contribution in [0.4, 0.5) is 0 Å². The lowest BCUT2D eigenvalue weighted by Gasteiger charge is -2.18. The maximum Gasteiger partial charge on any atom is 0.303 e. The summed E-state index contributed by atoms with van der Waals surface area (Å²) in [5.74, 6) is 0.777. The number of H-pyrrole nitrogens is 1. The van der Waals surface area contributed by atoms with E-state index in [-0.39, 0.29) is 11.8 Å². The van der Waals surface area contributed by atoms with E-state index < -0.39 is 5.97 Å². The molecule has 0 aliphatic carbocycles. The topological polar surface area (TPSA) is 133 Å². The number of unbranched alkanes of at least 4 members (excludes halogenated alkanes) is 1. The molecule has 0 aliphatic rings. The second-order valence-electron chi connectivity index (χ2n) is 8.98. The van der Waals surface area contributed by atoms with Gasteiger partial charge in [-0.25, -0.2) is 0 Å². The highest BCUT2D eigenvalue weighted by atomic mass is 32.1. The number of hydrogen-bond acceptors (Lipinski definition) is 7. The minimum absolute atomic E-state index is 0.0452. The molecule has 1 heterocycles. The molecule has 3 rings (SSSR count). The zero-order valence-corrected chi connectivity index (χ0v) is 22.7. The van der Waals surface area contributed by atoms with E-state index >= 15 is 0 Å². The lowest BCUT2D eigenvalue weighted by Crippen LogP contribution is -2.38. The van der Waals surface area contributed by atoms with E-state index in [1.807, 2.05) is 39.0 Å². The van der Waals surface area contributed by atoms with Crippen molar-refractivity contribution >= 4 is 24.5 Å². The number of carboxylic acids is 1. The molecule has 0 fully saturated rings. The third kappa shape index (κ3) is 10.3. The van der Waals surface area contributed by atoms with E-state index in [0.717, 1.165) is 36.1 Å². The number of hydrogen-bond donors (Lipinski definition) is 5. The van der Waals surface area contributed by atoms with Crippen LogP contribution >= 0.6 is 12.6 Å². The molecule has 10 heteroatoms. The number of carbonyl (C=O) groups is 2. The molecule has 0 bridgehead atoms. The molecular weight excluding hydrogens is 488 g/mol. The summed E-state index contributed by atoms with van der Waals surface area (Å²) in [4.78, 5) is 21.9. The van der Waals surface area contributed by atoms with Gasteiger partial charge in [-0.3, -0.25) is 9.59 Å². The standard InChI is InChI=1S/C22H28N6OS.C5H10O2/c1-15(2)20(14-30)22(29)24-12-11-23-13-16-7-9-17(10-8-16)18-5-3-4-6-19(18)21-25-27-28-26-21;1-2-3-4-5(6)7/h3-10,15,20,23,30H,11-14H2,1-2H3,(H,24,29)(H,25,26,27,28);2-4H2,1H3,(H,6,7). The van der Waals surface area contributed by atoms with Gasteiger partial charge in [0.2, 0.25) is 11.7 Å². The molecule has 1 unspecified atom stereocenters. The van der Waals surface area contributed by atoms with Gasteiger partial charge in [0, 0.05) is 43.3 Å². The van der Waals surface area contributed by atoms with Gasteiger partial charge >= 0.3 is 5.97 Å². The van der Waals surface area contributed by atoms with E-state index in [1.54, 1.807) is 0 Å². The summed E-state index contributed by atoms with van der Waals surface area (Å²) >= 11 is 4.28. The number of carboxylic acid groups (broad SMARTS) is 1. The number of thiol groups is 1. The van der Waals surface area contributed by atoms with Crippen molar-refractivity contribution in [3.63, 3.8) is 0 Å². The average Bonchev–Trinajstić information content (AvgIpc) is 3.43. The SMILES string of the molecule is CC(C)C(CS)C(=O)NCCNCc1ccc(-c2ccccc2-c2nn[nH]n2)cc1.CCCCC(=O)O. The minimum Gasteiger partial charge on any atom is -0.481 e. The van der Waals surface area contributed by atoms with Crippen LogP contribution in [0.5, 0.6) is 0 Å². The number of nitrogens with zero attached hydrogens (tertiary/aromatic N) is 3. The summed E-state index contributed by atoms with van der Waals surface area (Å²) in [6, 6.07) is 16.4. The molecule has 0 aliphatic heterocycles. The van der Waals surface area contributed by atoms with Crippen LogP contribution in [0.1, 0.15) is 45.6 Å². The summed E-state index contributed by atoms with van der Waals surface area (Å²) in [6.07, 6.45) is 2.08. The smallest absolute Gasteiger partial charge is 0.303 e. The first-order valence-corrected chi connectivity index (χ1v) is 13.2. The highest BCUT2D eigenvalue weighted by Gasteiger charge is 2.19. The molecule has 0 saturated heterocycles. The van der Waals surface area contributed by atoms with Gasteiger partial charge in [0.25, 0.3) is 0 Å². The largest absolute Gasteiger partial charge is 0.481 e. The number of carbonyl (C=O) groups excluding carboxylic acids is 1. The molecular formula is C27H38N6O3S.